The minimum atomic E-state index is -0.258. The molecule has 21 heavy (non-hydrogen) atoms. The van der Waals surface area contributed by atoms with Crippen LogP contribution < -0.4 is 5.32 Å². The van der Waals surface area contributed by atoms with Crippen LogP contribution in [-0.4, -0.2) is 6.54 Å². The highest BCUT2D eigenvalue weighted by molar-refractivity contribution is 9.10. The maximum atomic E-state index is 13.5. The molecule has 0 spiro atoms. The molecule has 0 aliphatic carbocycles. The molecule has 1 N–H and O–H groups in total. The first-order valence-electron chi connectivity index (χ1n) is 6.63. The number of hydrogen-bond donors (Lipinski definition) is 1. The standard InChI is InChI=1S/C16H15BrCl2FN/c1-2-21-16(14-9-12(18)3-4-15(14)19)7-10-5-11(17)8-13(20)6-10/h3-6,8-9,16,21H,2,7H2,1H3. The van der Waals surface area contributed by atoms with E-state index in [2.05, 4.69) is 21.2 Å². The Hall–Kier alpha value is -0.610. The van der Waals surface area contributed by atoms with Crippen molar-refractivity contribution in [2.75, 3.05) is 6.54 Å². The van der Waals surface area contributed by atoms with E-state index in [1.54, 1.807) is 12.1 Å². The quantitative estimate of drug-likeness (QED) is 0.681. The van der Waals surface area contributed by atoms with E-state index >= 15 is 0 Å². The van der Waals surface area contributed by atoms with Gasteiger partial charge in [0.25, 0.3) is 0 Å². The molecule has 2 rings (SSSR count). The molecule has 0 bridgehead atoms. The lowest BCUT2D eigenvalue weighted by Gasteiger charge is -2.20. The lowest BCUT2D eigenvalue weighted by molar-refractivity contribution is 0.546. The van der Waals surface area contributed by atoms with E-state index in [4.69, 9.17) is 23.2 Å². The summed E-state index contributed by atoms with van der Waals surface area (Å²) in [4.78, 5) is 0. The predicted octanol–water partition coefficient (Wildman–Crippen LogP) is 5.79. The van der Waals surface area contributed by atoms with Crippen molar-refractivity contribution in [1.82, 2.24) is 5.32 Å². The van der Waals surface area contributed by atoms with Gasteiger partial charge in [0.1, 0.15) is 5.82 Å². The summed E-state index contributed by atoms with van der Waals surface area (Å²) in [5.74, 6) is -0.258. The Morgan fingerprint density at radius 3 is 2.62 bits per heavy atom. The Labute approximate surface area is 142 Å². The Bertz CT molecular complexity index is 613. The molecule has 1 atom stereocenters. The van der Waals surface area contributed by atoms with Crippen LogP contribution in [0.2, 0.25) is 10.0 Å². The highest BCUT2D eigenvalue weighted by Gasteiger charge is 2.16. The van der Waals surface area contributed by atoms with Gasteiger partial charge >= 0.3 is 0 Å². The molecule has 0 fully saturated rings. The molecule has 2 aromatic rings. The average Bonchev–Trinajstić information content (AvgIpc) is 2.40. The maximum absolute atomic E-state index is 13.5. The maximum Gasteiger partial charge on any atom is 0.124 e. The first kappa shape index (κ1) is 16.8. The van der Waals surface area contributed by atoms with Crippen LogP contribution in [0.1, 0.15) is 24.1 Å². The third kappa shape index (κ3) is 4.68. The Morgan fingerprint density at radius 2 is 1.95 bits per heavy atom. The smallest absolute Gasteiger partial charge is 0.124 e. The second-order valence-corrected chi connectivity index (χ2v) is 6.52. The van der Waals surface area contributed by atoms with Crippen molar-refractivity contribution in [3.63, 3.8) is 0 Å². The Balaban J connectivity index is 2.32. The predicted molar refractivity (Wildman–Crippen MR) is 90.7 cm³/mol. The van der Waals surface area contributed by atoms with Gasteiger partial charge in [-0.2, -0.15) is 0 Å². The molecule has 0 aliphatic rings. The molecule has 0 saturated heterocycles. The van der Waals surface area contributed by atoms with E-state index in [9.17, 15) is 4.39 Å². The average molecular weight is 391 g/mol. The SMILES string of the molecule is CCNC(Cc1cc(F)cc(Br)c1)c1cc(Cl)ccc1Cl. The van der Waals surface area contributed by atoms with Crippen LogP contribution in [-0.2, 0) is 6.42 Å². The highest BCUT2D eigenvalue weighted by Crippen LogP contribution is 2.29. The van der Waals surface area contributed by atoms with Crippen LogP contribution in [0, 0.1) is 5.82 Å². The number of rotatable bonds is 5. The van der Waals surface area contributed by atoms with Crippen LogP contribution >= 0.6 is 39.1 Å². The molecule has 5 heteroatoms. The summed E-state index contributed by atoms with van der Waals surface area (Å²) in [6, 6.07) is 10.3. The number of likely N-dealkylation sites (N-methyl/N-ethyl adjacent to an activating group) is 1. The zero-order chi connectivity index (χ0) is 15.4. The van der Waals surface area contributed by atoms with Crippen LogP contribution in [0.4, 0.5) is 4.39 Å². The zero-order valence-corrected chi connectivity index (χ0v) is 14.6. The summed E-state index contributed by atoms with van der Waals surface area (Å²) < 4.78 is 14.2. The van der Waals surface area contributed by atoms with Gasteiger partial charge in [-0.25, -0.2) is 4.39 Å². The molecule has 112 valence electrons. The fourth-order valence-electron chi connectivity index (χ4n) is 2.28. The van der Waals surface area contributed by atoms with E-state index in [0.717, 1.165) is 22.1 Å². The first-order valence-corrected chi connectivity index (χ1v) is 8.17. The third-order valence-electron chi connectivity index (χ3n) is 3.15. The van der Waals surface area contributed by atoms with Gasteiger partial charge in [0.2, 0.25) is 0 Å². The van der Waals surface area contributed by atoms with E-state index < -0.39 is 0 Å². The van der Waals surface area contributed by atoms with E-state index in [1.807, 2.05) is 19.1 Å². The molecule has 2 aromatic carbocycles. The second kappa shape index (κ2) is 7.59. The van der Waals surface area contributed by atoms with Crippen LogP contribution in [0.3, 0.4) is 0 Å². The zero-order valence-electron chi connectivity index (χ0n) is 11.5. The summed E-state index contributed by atoms with van der Waals surface area (Å²) in [5.41, 5.74) is 1.82. The van der Waals surface area contributed by atoms with Crippen molar-refractivity contribution in [2.45, 2.75) is 19.4 Å². The van der Waals surface area contributed by atoms with Crippen molar-refractivity contribution in [2.24, 2.45) is 0 Å². The Kier molecular flexibility index (Phi) is 6.06. The summed E-state index contributed by atoms with van der Waals surface area (Å²) in [6.07, 6.45) is 0.629. The summed E-state index contributed by atoms with van der Waals surface area (Å²) in [7, 11) is 0. The third-order valence-corrected chi connectivity index (χ3v) is 4.18. The van der Waals surface area contributed by atoms with E-state index in [1.165, 1.54) is 12.1 Å². The van der Waals surface area contributed by atoms with Gasteiger partial charge in [0.05, 0.1) is 0 Å². The Morgan fingerprint density at radius 1 is 1.19 bits per heavy atom. The fourth-order valence-corrected chi connectivity index (χ4v) is 3.23. The minimum Gasteiger partial charge on any atom is -0.310 e. The normalized spacial score (nSPS) is 12.4. The lowest BCUT2D eigenvalue weighted by atomic mass is 9.98. The van der Waals surface area contributed by atoms with Crippen molar-refractivity contribution in [1.29, 1.82) is 0 Å². The van der Waals surface area contributed by atoms with Crippen molar-refractivity contribution < 1.29 is 4.39 Å². The van der Waals surface area contributed by atoms with Crippen molar-refractivity contribution >= 4 is 39.1 Å². The van der Waals surface area contributed by atoms with Crippen LogP contribution in [0.15, 0.2) is 40.9 Å². The highest BCUT2D eigenvalue weighted by atomic mass is 79.9. The fraction of sp³-hybridized carbons (Fsp3) is 0.250. The van der Waals surface area contributed by atoms with Gasteiger partial charge in [-0.1, -0.05) is 46.1 Å². The molecular formula is C16H15BrCl2FN. The van der Waals surface area contributed by atoms with Crippen molar-refractivity contribution in [3.05, 3.63) is 67.9 Å². The van der Waals surface area contributed by atoms with Gasteiger partial charge in [-0.05, 0) is 60.5 Å². The number of hydrogen-bond acceptors (Lipinski definition) is 1. The molecule has 0 aromatic heterocycles. The van der Waals surface area contributed by atoms with Gasteiger partial charge in [-0.3, -0.25) is 0 Å². The van der Waals surface area contributed by atoms with Gasteiger partial charge < -0.3 is 5.32 Å². The molecule has 0 amide bonds. The largest absolute Gasteiger partial charge is 0.310 e. The summed E-state index contributed by atoms with van der Waals surface area (Å²) in [6.45, 7) is 2.80. The number of nitrogens with one attached hydrogen (secondary N) is 1. The van der Waals surface area contributed by atoms with Gasteiger partial charge in [0, 0.05) is 20.6 Å². The minimum absolute atomic E-state index is 0.0186. The lowest BCUT2D eigenvalue weighted by Crippen LogP contribution is -2.23. The molecular weight excluding hydrogens is 376 g/mol. The van der Waals surface area contributed by atoms with Crippen LogP contribution in [0.25, 0.3) is 0 Å². The second-order valence-electron chi connectivity index (χ2n) is 4.76. The molecule has 1 nitrogen and oxygen atoms in total. The summed E-state index contributed by atoms with van der Waals surface area (Å²) in [5, 5.41) is 4.66. The first-order chi connectivity index (χ1) is 9.99. The van der Waals surface area contributed by atoms with Gasteiger partial charge in [-0.15, -0.1) is 0 Å². The van der Waals surface area contributed by atoms with Gasteiger partial charge in [0.15, 0.2) is 0 Å². The van der Waals surface area contributed by atoms with E-state index in [-0.39, 0.29) is 11.9 Å². The molecule has 0 heterocycles. The van der Waals surface area contributed by atoms with Crippen LogP contribution in [0.5, 0.6) is 0 Å². The monoisotopic (exact) mass is 389 g/mol. The van der Waals surface area contributed by atoms with Crippen molar-refractivity contribution in [3.8, 4) is 0 Å². The molecule has 1 unspecified atom stereocenters. The molecule has 0 radical (unpaired) electrons. The summed E-state index contributed by atoms with van der Waals surface area (Å²) >= 11 is 15.7. The topological polar surface area (TPSA) is 12.0 Å². The molecule has 0 aliphatic heterocycles. The molecule has 0 saturated carbocycles. The number of halogens is 4. The van der Waals surface area contributed by atoms with E-state index in [0.29, 0.717) is 16.5 Å². The number of benzene rings is 2.